The number of halogens is 2. The van der Waals surface area contributed by atoms with Crippen LogP contribution in [0.3, 0.4) is 0 Å². The molecule has 2 rings (SSSR count). The first-order chi connectivity index (χ1) is 13.2. The molecule has 0 aliphatic carbocycles. The van der Waals surface area contributed by atoms with Crippen molar-refractivity contribution in [3.8, 4) is 11.5 Å². The maximum absolute atomic E-state index is 12.8. The normalized spacial score (nSPS) is 11.0. The lowest BCUT2D eigenvalue weighted by Crippen LogP contribution is -2.41. The average Bonchev–Trinajstić information content (AvgIpc) is 2.64. The molecular weight excluding hydrogens is 411 g/mol. The van der Waals surface area contributed by atoms with Crippen LogP contribution < -0.4 is 19.1 Å². The summed E-state index contributed by atoms with van der Waals surface area (Å²) >= 11 is 5.96. The first kappa shape index (κ1) is 21.8. The molecule has 10 heteroatoms. The fourth-order valence-corrected chi connectivity index (χ4v) is 3.33. The average molecular weight is 431 g/mol. The molecule has 2 aromatic rings. The van der Waals surface area contributed by atoms with E-state index in [0.717, 1.165) is 10.6 Å². The summed E-state index contributed by atoms with van der Waals surface area (Å²) in [4.78, 5) is 12.2. The maximum atomic E-state index is 12.8. The van der Waals surface area contributed by atoms with E-state index < -0.39 is 22.5 Å². The van der Waals surface area contributed by atoms with Gasteiger partial charge in [-0.3, -0.25) is 9.10 Å². The molecule has 0 bridgehead atoms. The molecule has 0 radical (unpaired) electrons. The molecule has 0 aliphatic rings. The number of amides is 1. The Kier molecular flexibility index (Phi) is 7.47. The van der Waals surface area contributed by atoms with Gasteiger partial charge in [-0.1, -0.05) is 11.6 Å². The number of carbonyl (C=O) groups excluding carboxylic acids is 1. The number of anilines is 1. The molecular formula is C18H20ClFN2O5S. The summed E-state index contributed by atoms with van der Waals surface area (Å²) in [6, 6.07) is 9.93. The van der Waals surface area contributed by atoms with Crippen molar-refractivity contribution in [1.29, 1.82) is 0 Å². The van der Waals surface area contributed by atoms with Crippen molar-refractivity contribution in [2.75, 3.05) is 37.4 Å². The number of benzene rings is 2. The van der Waals surface area contributed by atoms with Gasteiger partial charge in [-0.15, -0.1) is 0 Å². The SMILES string of the molecule is COc1ccc(Cl)cc1N(CC(=O)NCCOc1ccc(F)cc1)S(C)(=O)=O. The molecule has 0 aromatic heterocycles. The number of rotatable bonds is 9. The topological polar surface area (TPSA) is 84.9 Å². The molecule has 0 unspecified atom stereocenters. The van der Waals surface area contributed by atoms with Gasteiger partial charge in [0.1, 0.15) is 30.5 Å². The van der Waals surface area contributed by atoms with E-state index in [1.807, 2.05) is 0 Å². The molecule has 0 atom stereocenters. The van der Waals surface area contributed by atoms with Gasteiger partial charge in [0.05, 0.1) is 25.6 Å². The van der Waals surface area contributed by atoms with Crippen molar-refractivity contribution < 1.29 is 27.1 Å². The molecule has 0 saturated heterocycles. The number of carbonyl (C=O) groups is 1. The summed E-state index contributed by atoms with van der Waals surface area (Å²) in [5, 5.41) is 2.87. The Balaban J connectivity index is 1.98. The fourth-order valence-electron chi connectivity index (χ4n) is 2.32. The molecule has 7 nitrogen and oxygen atoms in total. The van der Waals surface area contributed by atoms with E-state index in [4.69, 9.17) is 21.1 Å². The predicted molar refractivity (Wildman–Crippen MR) is 105 cm³/mol. The third-order valence-electron chi connectivity index (χ3n) is 3.60. The Labute approximate surface area is 168 Å². The predicted octanol–water partition coefficient (Wildman–Crippen LogP) is 2.45. The van der Waals surface area contributed by atoms with E-state index in [0.29, 0.717) is 10.8 Å². The van der Waals surface area contributed by atoms with Crippen LogP contribution in [0.1, 0.15) is 0 Å². The minimum absolute atomic E-state index is 0.136. The van der Waals surface area contributed by atoms with E-state index in [9.17, 15) is 17.6 Å². The van der Waals surface area contributed by atoms with Crippen molar-refractivity contribution in [1.82, 2.24) is 5.32 Å². The maximum Gasteiger partial charge on any atom is 0.240 e. The second kappa shape index (κ2) is 9.61. The van der Waals surface area contributed by atoms with E-state index in [1.54, 1.807) is 6.07 Å². The van der Waals surface area contributed by atoms with Gasteiger partial charge in [0, 0.05) is 5.02 Å². The summed E-state index contributed by atoms with van der Waals surface area (Å²) in [5.74, 6) is -0.188. The minimum atomic E-state index is -3.77. The minimum Gasteiger partial charge on any atom is -0.495 e. The number of hydrogen-bond acceptors (Lipinski definition) is 5. The third-order valence-corrected chi connectivity index (χ3v) is 4.97. The Morgan fingerprint density at radius 1 is 1.21 bits per heavy atom. The zero-order valence-electron chi connectivity index (χ0n) is 15.3. The first-order valence-electron chi connectivity index (χ1n) is 8.17. The smallest absolute Gasteiger partial charge is 0.240 e. The van der Waals surface area contributed by atoms with Crippen LogP contribution in [-0.4, -0.2) is 47.4 Å². The van der Waals surface area contributed by atoms with Crippen LogP contribution in [0.5, 0.6) is 11.5 Å². The quantitative estimate of drug-likeness (QED) is 0.618. The lowest BCUT2D eigenvalue weighted by molar-refractivity contribution is -0.119. The monoisotopic (exact) mass is 430 g/mol. The first-order valence-corrected chi connectivity index (χ1v) is 10.4. The highest BCUT2D eigenvalue weighted by Gasteiger charge is 2.24. The van der Waals surface area contributed by atoms with Gasteiger partial charge in [0.25, 0.3) is 0 Å². The number of methoxy groups -OCH3 is 1. The standard InChI is InChI=1S/C18H20ClFN2O5S/c1-26-17-8-3-13(19)11-16(17)22(28(2,24)25)12-18(23)21-9-10-27-15-6-4-14(20)5-7-15/h3-8,11H,9-10,12H2,1-2H3,(H,21,23). The largest absolute Gasteiger partial charge is 0.495 e. The van der Waals surface area contributed by atoms with Crippen molar-refractivity contribution in [2.45, 2.75) is 0 Å². The summed E-state index contributed by atoms with van der Waals surface area (Å²) in [7, 11) is -2.38. The van der Waals surface area contributed by atoms with Gasteiger partial charge >= 0.3 is 0 Å². The van der Waals surface area contributed by atoms with Crippen LogP contribution in [0, 0.1) is 5.82 Å². The summed E-state index contributed by atoms with van der Waals surface area (Å²) in [6.07, 6.45) is 0.984. The van der Waals surface area contributed by atoms with Crippen molar-refractivity contribution >= 4 is 33.2 Å². The van der Waals surface area contributed by atoms with Gasteiger partial charge in [-0.25, -0.2) is 12.8 Å². The molecule has 1 N–H and O–H groups in total. The molecule has 152 valence electrons. The second-order valence-corrected chi connectivity index (χ2v) is 8.08. The van der Waals surface area contributed by atoms with E-state index in [2.05, 4.69) is 5.32 Å². The molecule has 28 heavy (non-hydrogen) atoms. The number of nitrogens with one attached hydrogen (secondary N) is 1. The Morgan fingerprint density at radius 2 is 1.89 bits per heavy atom. The summed E-state index contributed by atoms with van der Waals surface area (Å²) in [6.45, 7) is -0.177. The van der Waals surface area contributed by atoms with Crippen LogP contribution in [0.2, 0.25) is 5.02 Å². The number of sulfonamides is 1. The number of ether oxygens (including phenoxy) is 2. The van der Waals surface area contributed by atoms with Gasteiger partial charge in [0.15, 0.2) is 0 Å². The molecule has 0 spiro atoms. The Hall–Kier alpha value is -2.52. The van der Waals surface area contributed by atoms with Gasteiger partial charge in [-0.2, -0.15) is 0 Å². The van der Waals surface area contributed by atoms with Crippen LogP contribution in [-0.2, 0) is 14.8 Å². The Morgan fingerprint density at radius 3 is 2.50 bits per heavy atom. The fraction of sp³-hybridized carbons (Fsp3) is 0.278. The van der Waals surface area contributed by atoms with Crippen molar-refractivity contribution in [2.24, 2.45) is 0 Å². The second-order valence-electron chi connectivity index (χ2n) is 5.74. The number of nitrogens with zero attached hydrogens (tertiary/aromatic N) is 1. The summed E-state index contributed by atoms with van der Waals surface area (Å²) < 4.78 is 48.6. The summed E-state index contributed by atoms with van der Waals surface area (Å²) in [5.41, 5.74) is 0.162. The lowest BCUT2D eigenvalue weighted by atomic mass is 10.3. The number of hydrogen-bond donors (Lipinski definition) is 1. The highest BCUT2D eigenvalue weighted by atomic mass is 35.5. The molecule has 2 aromatic carbocycles. The highest BCUT2D eigenvalue weighted by molar-refractivity contribution is 7.92. The molecule has 0 saturated carbocycles. The van der Waals surface area contributed by atoms with E-state index in [1.165, 1.54) is 43.5 Å². The molecule has 0 fully saturated rings. The van der Waals surface area contributed by atoms with Crippen molar-refractivity contribution in [3.05, 3.63) is 53.3 Å². The lowest BCUT2D eigenvalue weighted by Gasteiger charge is -2.24. The van der Waals surface area contributed by atoms with Gasteiger partial charge in [0.2, 0.25) is 15.9 Å². The van der Waals surface area contributed by atoms with Gasteiger partial charge in [-0.05, 0) is 42.5 Å². The molecule has 0 heterocycles. The highest BCUT2D eigenvalue weighted by Crippen LogP contribution is 2.32. The van der Waals surface area contributed by atoms with Gasteiger partial charge < -0.3 is 14.8 Å². The molecule has 0 aliphatic heterocycles. The zero-order chi connectivity index (χ0) is 20.7. The van der Waals surface area contributed by atoms with Crippen LogP contribution in [0.4, 0.5) is 10.1 Å². The van der Waals surface area contributed by atoms with Crippen LogP contribution in [0.25, 0.3) is 0 Å². The zero-order valence-corrected chi connectivity index (χ0v) is 16.9. The third kappa shape index (κ3) is 6.28. The van der Waals surface area contributed by atoms with E-state index in [-0.39, 0.29) is 30.4 Å². The molecule has 1 amide bonds. The van der Waals surface area contributed by atoms with E-state index >= 15 is 0 Å². The Bertz CT molecular complexity index is 922. The van der Waals surface area contributed by atoms with Crippen molar-refractivity contribution in [3.63, 3.8) is 0 Å². The van der Waals surface area contributed by atoms with Crippen LogP contribution >= 0.6 is 11.6 Å². The van der Waals surface area contributed by atoms with Crippen LogP contribution in [0.15, 0.2) is 42.5 Å².